The van der Waals surface area contributed by atoms with E-state index in [1.807, 2.05) is 78.9 Å². The molecule has 4 saturated carbocycles. The van der Waals surface area contributed by atoms with Crippen LogP contribution in [0.25, 0.3) is 11.5 Å². The molecule has 3 aromatic carbocycles. The van der Waals surface area contributed by atoms with Crippen molar-refractivity contribution in [3.05, 3.63) is 95.9 Å². The van der Waals surface area contributed by atoms with E-state index in [1.54, 1.807) is 14.2 Å². The minimum atomic E-state index is -0.690. The van der Waals surface area contributed by atoms with E-state index in [-0.39, 0.29) is 35.5 Å². The number of rotatable bonds is 11. The Morgan fingerprint density at radius 1 is 0.685 bits per heavy atom. The molecule has 0 radical (unpaired) electrons. The number of amides is 4. The molecule has 0 atom stereocenters. The van der Waals surface area contributed by atoms with E-state index in [0.717, 1.165) is 85.4 Å². The second-order valence-electron chi connectivity index (χ2n) is 15.4. The summed E-state index contributed by atoms with van der Waals surface area (Å²) in [6.45, 7) is 0.964. The number of ether oxygens (including phenoxy) is 2. The molecule has 284 valence electrons. The van der Waals surface area contributed by atoms with Crippen LogP contribution in [0.15, 0.2) is 83.3 Å². The summed E-state index contributed by atoms with van der Waals surface area (Å²) in [5.74, 6) is 2.37. The Balaban J connectivity index is 0.000000175. The number of benzene rings is 3. The van der Waals surface area contributed by atoms with E-state index in [9.17, 15) is 14.4 Å². The molecule has 5 N–H and O–H groups in total. The fourth-order valence-electron chi connectivity index (χ4n) is 8.58. The summed E-state index contributed by atoms with van der Waals surface area (Å²) in [5.41, 5.74) is 3.49. The van der Waals surface area contributed by atoms with Gasteiger partial charge in [-0.3, -0.25) is 4.79 Å². The smallest absolute Gasteiger partial charge is 0.315 e. The summed E-state index contributed by atoms with van der Waals surface area (Å²) in [5, 5.41) is 29.2. The van der Waals surface area contributed by atoms with Gasteiger partial charge < -0.3 is 40.3 Å². The van der Waals surface area contributed by atoms with Gasteiger partial charge in [0.25, 0.3) is 0 Å². The van der Waals surface area contributed by atoms with E-state index >= 15 is 0 Å². The molecule has 13 heteroatoms. The molecule has 4 aliphatic rings. The van der Waals surface area contributed by atoms with Gasteiger partial charge in [-0.15, -0.1) is 10.2 Å². The second-order valence-corrected chi connectivity index (χ2v) is 15.4. The van der Waals surface area contributed by atoms with E-state index in [2.05, 4.69) is 31.5 Å². The van der Waals surface area contributed by atoms with Crippen molar-refractivity contribution in [2.24, 2.45) is 16.7 Å². The Labute approximate surface area is 314 Å². The van der Waals surface area contributed by atoms with E-state index in [0.29, 0.717) is 30.3 Å². The number of methoxy groups -OCH3 is 2. The Morgan fingerprint density at radius 2 is 1.17 bits per heavy atom. The molecule has 0 unspecified atom stereocenters. The average molecular weight is 737 g/mol. The van der Waals surface area contributed by atoms with Crippen LogP contribution in [0, 0.1) is 16.7 Å². The van der Waals surface area contributed by atoms with Gasteiger partial charge in [-0.05, 0) is 110 Å². The lowest BCUT2D eigenvalue weighted by atomic mass is 9.50. The molecule has 4 aliphatic carbocycles. The summed E-state index contributed by atoms with van der Waals surface area (Å²) < 4.78 is 16.1. The fourth-order valence-corrected chi connectivity index (χ4v) is 8.58. The number of carboxylic acids is 1. The molecule has 4 aromatic rings. The van der Waals surface area contributed by atoms with Gasteiger partial charge in [0.1, 0.15) is 11.5 Å². The molecule has 54 heavy (non-hydrogen) atoms. The number of aliphatic carboxylic acids is 1. The fraction of sp³-hybridized carbons (Fsp3) is 0.439. The Hall–Kier alpha value is -5.59. The molecule has 0 saturated heterocycles. The first kappa shape index (κ1) is 36.8. The number of carbonyl (C=O) groups excluding carboxylic acids is 2. The Morgan fingerprint density at radius 3 is 1.63 bits per heavy atom. The first-order valence-corrected chi connectivity index (χ1v) is 18.6. The molecule has 0 bridgehead atoms. The number of carboxylic acid groups (broad SMARTS) is 1. The number of hydrogen-bond acceptors (Lipinski definition) is 8. The van der Waals surface area contributed by atoms with Gasteiger partial charge in [-0.25, -0.2) is 9.59 Å². The maximum atomic E-state index is 12.2. The van der Waals surface area contributed by atoms with Crippen molar-refractivity contribution in [1.29, 1.82) is 0 Å². The largest absolute Gasteiger partial charge is 0.497 e. The number of nitrogens with zero attached hydrogens (tertiary/aromatic N) is 2. The summed E-state index contributed by atoms with van der Waals surface area (Å²) in [6.07, 6.45) is 7.43. The lowest BCUT2D eigenvalue weighted by Gasteiger charge is -2.56. The minimum Gasteiger partial charge on any atom is -0.497 e. The van der Waals surface area contributed by atoms with Crippen molar-refractivity contribution >= 4 is 18.0 Å². The van der Waals surface area contributed by atoms with Gasteiger partial charge in [-0.2, -0.15) is 0 Å². The van der Waals surface area contributed by atoms with Crippen LogP contribution in [0.2, 0.25) is 0 Å². The number of carbonyl (C=O) groups is 3. The maximum absolute atomic E-state index is 12.2. The van der Waals surface area contributed by atoms with Gasteiger partial charge in [0.15, 0.2) is 0 Å². The molecule has 4 fully saturated rings. The van der Waals surface area contributed by atoms with Crippen molar-refractivity contribution < 1.29 is 33.4 Å². The minimum absolute atomic E-state index is 0.115. The third-order valence-electron chi connectivity index (χ3n) is 11.5. The van der Waals surface area contributed by atoms with Crippen molar-refractivity contribution in [1.82, 2.24) is 31.5 Å². The zero-order valence-corrected chi connectivity index (χ0v) is 30.7. The van der Waals surface area contributed by atoms with Gasteiger partial charge in [0.05, 0.1) is 20.1 Å². The van der Waals surface area contributed by atoms with Crippen LogP contribution in [0.4, 0.5) is 9.59 Å². The Kier molecular flexibility index (Phi) is 10.7. The number of urea groups is 2. The molecule has 4 amide bonds. The van der Waals surface area contributed by atoms with Crippen molar-refractivity contribution in [3.8, 4) is 23.0 Å². The number of nitrogens with one attached hydrogen (secondary N) is 4. The van der Waals surface area contributed by atoms with Crippen LogP contribution >= 0.6 is 0 Å². The Bertz CT molecular complexity index is 1890. The monoisotopic (exact) mass is 736 g/mol. The van der Waals surface area contributed by atoms with Gasteiger partial charge >= 0.3 is 18.0 Å². The normalized spacial score (nSPS) is 26.0. The lowest BCUT2D eigenvalue weighted by Crippen LogP contribution is -2.58. The lowest BCUT2D eigenvalue weighted by molar-refractivity contribution is -0.155. The first-order chi connectivity index (χ1) is 26.1. The van der Waals surface area contributed by atoms with Crippen molar-refractivity contribution in [3.63, 3.8) is 0 Å². The first-order valence-electron chi connectivity index (χ1n) is 18.6. The summed E-state index contributed by atoms with van der Waals surface area (Å²) in [7, 11) is 3.26. The van der Waals surface area contributed by atoms with Crippen molar-refractivity contribution in [2.45, 2.75) is 82.5 Å². The highest BCUT2D eigenvalue weighted by atomic mass is 16.5. The molecule has 13 nitrogen and oxygen atoms in total. The van der Waals surface area contributed by atoms with Crippen LogP contribution in [0.1, 0.15) is 74.3 Å². The van der Waals surface area contributed by atoms with Crippen LogP contribution < -0.4 is 30.7 Å². The van der Waals surface area contributed by atoms with Crippen molar-refractivity contribution in [2.75, 3.05) is 14.2 Å². The molecular weight excluding hydrogens is 688 g/mol. The summed E-state index contributed by atoms with van der Waals surface area (Å²) >= 11 is 0. The molecule has 1 aromatic heterocycles. The number of aromatic nitrogens is 2. The van der Waals surface area contributed by atoms with Gasteiger partial charge in [0.2, 0.25) is 11.8 Å². The number of hydrogen-bond donors (Lipinski definition) is 5. The third kappa shape index (κ3) is 8.61. The highest BCUT2D eigenvalue weighted by Gasteiger charge is 2.56. The maximum Gasteiger partial charge on any atom is 0.315 e. The third-order valence-corrected chi connectivity index (χ3v) is 11.5. The SMILES string of the molecule is COc1ccc(CNC(=O)NC2CC3(C2)CC(C(=O)O)C3)cc1.COc1ccc(CNC(=O)NC2CC3(C2)CC(c2nnc(-c4ccccc4)o2)C3)cc1. The average Bonchev–Trinajstić information content (AvgIpc) is 3.61. The highest BCUT2D eigenvalue weighted by molar-refractivity contribution is 5.75. The standard InChI is InChI=1S/C24H26N4O3.C17H22N2O4/c1-30-20-9-7-16(8-10-20)15-25-23(29)26-19-13-24(14-19)11-18(12-24)22-28-27-21(31-22)17-5-3-2-4-6-17;1-23-14-4-2-11(3-5-14)10-18-16(22)19-13-8-17(9-13)6-12(7-17)15(20)21/h2-10,18-19H,11-15H2,1H3,(H2,25,26,29);2-5,12-13H,6-10H2,1H3,(H,20,21)(H2,18,19,22). The summed E-state index contributed by atoms with van der Waals surface area (Å²) in [6, 6.07) is 25.2. The predicted octanol–water partition coefficient (Wildman–Crippen LogP) is 6.41. The van der Waals surface area contributed by atoms with Crippen LogP contribution in [0.5, 0.6) is 11.5 Å². The topological polar surface area (TPSA) is 177 Å². The predicted molar refractivity (Wildman–Crippen MR) is 200 cm³/mol. The molecule has 8 rings (SSSR count). The highest BCUT2D eigenvalue weighted by Crippen LogP contribution is 2.62. The van der Waals surface area contributed by atoms with Crippen LogP contribution in [-0.4, -0.2) is 59.6 Å². The quantitative estimate of drug-likeness (QED) is 0.117. The van der Waals surface area contributed by atoms with Crippen LogP contribution in [0.3, 0.4) is 0 Å². The molecular formula is C41H48N6O7. The molecule has 2 spiro atoms. The van der Waals surface area contributed by atoms with E-state index < -0.39 is 5.97 Å². The zero-order valence-electron chi connectivity index (χ0n) is 30.7. The van der Waals surface area contributed by atoms with Gasteiger partial charge in [-0.1, -0.05) is 42.5 Å². The molecule has 0 aliphatic heterocycles. The van der Waals surface area contributed by atoms with E-state index in [1.165, 1.54) is 0 Å². The zero-order chi connectivity index (χ0) is 37.7. The van der Waals surface area contributed by atoms with E-state index in [4.69, 9.17) is 19.0 Å². The van der Waals surface area contributed by atoms with Gasteiger partial charge in [0, 0.05) is 36.7 Å². The molecule has 1 heterocycles. The second kappa shape index (κ2) is 15.8. The van der Waals surface area contributed by atoms with Crippen LogP contribution in [-0.2, 0) is 17.9 Å². The summed E-state index contributed by atoms with van der Waals surface area (Å²) in [4.78, 5) is 34.9.